The molecule has 0 saturated heterocycles. The molecule has 159 valence electrons. The number of nitrogens with zero attached hydrogens (tertiary/aromatic N) is 1. The molecule has 1 aliphatic rings. The Morgan fingerprint density at radius 2 is 1.47 bits per heavy atom. The zero-order valence-electron chi connectivity index (χ0n) is 19.1. The monoisotopic (exact) mass is 575 g/mol. The van der Waals surface area contributed by atoms with E-state index in [1.165, 1.54) is 27.8 Å². The van der Waals surface area contributed by atoms with Gasteiger partial charge in [-0.05, 0) is 46.4 Å². The van der Waals surface area contributed by atoms with Gasteiger partial charge in [-0.2, -0.15) is 0 Å². The zero-order valence-corrected chi connectivity index (χ0v) is 21.5. The van der Waals surface area contributed by atoms with Crippen LogP contribution in [0.15, 0.2) is 54.7 Å². The van der Waals surface area contributed by atoms with Gasteiger partial charge in [0.05, 0.1) is 0 Å². The Labute approximate surface area is 195 Å². The topological polar surface area (TPSA) is 12.9 Å². The standard InChI is InChI=1S/C28H32N.Ir/c1-18-15-26(29-17-23(18)21-11-9-8-10-12-21)22-13-14-24-25(16-22)28(6,7)20(3)19(2)27(24,4)5;/h8-12,14-17,19-20H,1-7H3;/q-1;. The molecule has 4 rings (SSSR count). The van der Waals surface area contributed by atoms with E-state index in [0.29, 0.717) is 11.8 Å². The SMILES string of the molecule is Cc1cc(-c2[c-]cc3c(c2)C(C)(C)C(C)C(C)C3(C)C)ncc1-c1ccccc1.[Ir]. The Bertz CT molecular complexity index is 1050. The number of pyridine rings is 1. The quantitative estimate of drug-likeness (QED) is 0.292. The minimum absolute atomic E-state index is 0. The summed E-state index contributed by atoms with van der Waals surface area (Å²) in [5, 5.41) is 0. The van der Waals surface area contributed by atoms with Crippen LogP contribution >= 0.6 is 0 Å². The summed E-state index contributed by atoms with van der Waals surface area (Å²) in [6, 6.07) is 20.8. The first-order chi connectivity index (χ1) is 13.6. The summed E-state index contributed by atoms with van der Waals surface area (Å²) in [6.07, 6.45) is 2.01. The molecule has 30 heavy (non-hydrogen) atoms. The molecule has 1 nitrogen and oxygen atoms in total. The predicted molar refractivity (Wildman–Crippen MR) is 123 cm³/mol. The van der Waals surface area contributed by atoms with Crippen molar-refractivity contribution in [3.8, 4) is 22.4 Å². The molecule has 3 aromatic rings. The molecule has 2 atom stereocenters. The Morgan fingerprint density at radius 1 is 0.867 bits per heavy atom. The number of fused-ring (bicyclic) bond motifs is 1. The number of hydrogen-bond acceptors (Lipinski definition) is 1. The van der Waals surface area contributed by atoms with Gasteiger partial charge >= 0.3 is 0 Å². The van der Waals surface area contributed by atoms with Crippen molar-refractivity contribution >= 4 is 0 Å². The molecule has 2 heteroatoms. The summed E-state index contributed by atoms with van der Waals surface area (Å²) in [5.41, 5.74) is 8.92. The van der Waals surface area contributed by atoms with Crippen LogP contribution in [0.4, 0.5) is 0 Å². The fourth-order valence-corrected chi connectivity index (χ4v) is 5.07. The van der Waals surface area contributed by atoms with Crippen molar-refractivity contribution in [1.29, 1.82) is 0 Å². The smallest absolute Gasteiger partial charge is 0.0242 e. The van der Waals surface area contributed by atoms with E-state index in [1.807, 2.05) is 12.3 Å². The van der Waals surface area contributed by atoms with Gasteiger partial charge in [-0.3, -0.25) is 0 Å². The second-order valence-corrected chi connectivity index (χ2v) is 9.95. The molecule has 0 amide bonds. The third kappa shape index (κ3) is 3.59. The third-order valence-corrected chi connectivity index (χ3v) is 7.84. The molecule has 1 heterocycles. The molecule has 1 radical (unpaired) electrons. The van der Waals surface area contributed by atoms with E-state index in [1.54, 1.807) is 0 Å². The second kappa shape index (κ2) is 8.06. The predicted octanol–water partition coefficient (Wildman–Crippen LogP) is 7.36. The largest absolute Gasteiger partial charge is 0.304 e. The molecule has 0 aliphatic heterocycles. The normalized spacial score (nSPS) is 21.4. The molecule has 0 fully saturated rings. The van der Waals surface area contributed by atoms with Gasteiger partial charge in [0.2, 0.25) is 0 Å². The molecule has 0 spiro atoms. The number of aryl methyl sites for hydroxylation is 1. The van der Waals surface area contributed by atoms with E-state index in [2.05, 4.69) is 97.0 Å². The first-order valence-corrected chi connectivity index (χ1v) is 10.7. The number of benzene rings is 2. The zero-order chi connectivity index (χ0) is 21.0. The van der Waals surface area contributed by atoms with Crippen LogP contribution in [0.5, 0.6) is 0 Å². The van der Waals surface area contributed by atoms with Crippen molar-refractivity contribution in [2.45, 2.75) is 59.3 Å². The van der Waals surface area contributed by atoms with Crippen molar-refractivity contribution in [2.24, 2.45) is 11.8 Å². The van der Waals surface area contributed by atoms with E-state index < -0.39 is 0 Å². The first-order valence-electron chi connectivity index (χ1n) is 10.7. The summed E-state index contributed by atoms with van der Waals surface area (Å²) < 4.78 is 0. The summed E-state index contributed by atoms with van der Waals surface area (Å²) >= 11 is 0. The Hall–Kier alpha value is -1.76. The summed E-state index contributed by atoms with van der Waals surface area (Å²) in [7, 11) is 0. The fraction of sp³-hybridized carbons (Fsp3) is 0.393. The molecule has 2 unspecified atom stereocenters. The minimum atomic E-state index is 0. The van der Waals surface area contributed by atoms with E-state index in [-0.39, 0.29) is 30.9 Å². The van der Waals surface area contributed by atoms with Crippen molar-refractivity contribution in [2.75, 3.05) is 0 Å². The van der Waals surface area contributed by atoms with Gasteiger partial charge in [0.15, 0.2) is 0 Å². The van der Waals surface area contributed by atoms with Crippen LogP contribution in [0.1, 0.15) is 58.2 Å². The summed E-state index contributed by atoms with van der Waals surface area (Å²) in [6.45, 7) is 16.5. The Balaban J connectivity index is 0.00000256. The van der Waals surface area contributed by atoms with Crippen LogP contribution < -0.4 is 0 Å². The molecular formula is C28H32IrN-. The summed E-state index contributed by atoms with van der Waals surface area (Å²) in [5.74, 6) is 1.23. The molecule has 1 aliphatic carbocycles. The van der Waals surface area contributed by atoms with Gasteiger partial charge in [-0.15, -0.1) is 34.9 Å². The first kappa shape index (κ1) is 22.9. The molecule has 0 N–H and O–H groups in total. The average molecular weight is 575 g/mol. The maximum atomic E-state index is 4.82. The maximum absolute atomic E-state index is 4.82. The van der Waals surface area contributed by atoms with Gasteiger partial charge in [0.1, 0.15) is 0 Å². The molecule has 0 bridgehead atoms. The number of hydrogen-bond donors (Lipinski definition) is 0. The van der Waals surface area contributed by atoms with E-state index >= 15 is 0 Å². The minimum Gasteiger partial charge on any atom is -0.304 e. The Morgan fingerprint density at radius 3 is 2.07 bits per heavy atom. The van der Waals surface area contributed by atoms with Crippen LogP contribution in [0.25, 0.3) is 22.4 Å². The van der Waals surface area contributed by atoms with Crippen molar-refractivity contribution in [1.82, 2.24) is 4.98 Å². The number of rotatable bonds is 2. The Kier molecular flexibility index (Phi) is 6.16. The second-order valence-electron chi connectivity index (χ2n) is 9.95. The molecule has 1 aromatic heterocycles. The van der Waals surface area contributed by atoms with Crippen molar-refractivity contribution < 1.29 is 20.1 Å². The summed E-state index contributed by atoms with van der Waals surface area (Å²) in [4.78, 5) is 4.82. The van der Waals surface area contributed by atoms with E-state index in [9.17, 15) is 0 Å². The van der Waals surface area contributed by atoms with Crippen LogP contribution in [0.2, 0.25) is 0 Å². The van der Waals surface area contributed by atoms with Crippen molar-refractivity contribution in [3.05, 3.63) is 77.5 Å². The molecule has 0 saturated carbocycles. The maximum Gasteiger partial charge on any atom is 0.0242 e. The van der Waals surface area contributed by atoms with Crippen molar-refractivity contribution in [3.63, 3.8) is 0 Å². The van der Waals surface area contributed by atoms with E-state index in [0.717, 1.165) is 11.3 Å². The fourth-order valence-electron chi connectivity index (χ4n) is 5.07. The van der Waals surface area contributed by atoms with Gasteiger partial charge in [0, 0.05) is 31.9 Å². The van der Waals surface area contributed by atoms with Crippen LogP contribution in [0.3, 0.4) is 0 Å². The van der Waals surface area contributed by atoms with Gasteiger partial charge in [-0.1, -0.05) is 77.9 Å². The van der Waals surface area contributed by atoms with Gasteiger partial charge in [-0.25, -0.2) is 0 Å². The van der Waals surface area contributed by atoms with Crippen LogP contribution in [-0.2, 0) is 30.9 Å². The van der Waals surface area contributed by atoms with Gasteiger partial charge in [0.25, 0.3) is 0 Å². The molecular weight excluding hydrogens is 543 g/mol. The van der Waals surface area contributed by atoms with E-state index in [4.69, 9.17) is 4.98 Å². The third-order valence-electron chi connectivity index (χ3n) is 7.84. The van der Waals surface area contributed by atoms with Crippen LogP contribution in [-0.4, -0.2) is 4.98 Å². The number of aromatic nitrogens is 1. The average Bonchev–Trinajstić information content (AvgIpc) is 2.71. The molecule has 2 aromatic carbocycles. The van der Waals surface area contributed by atoms with Gasteiger partial charge < -0.3 is 4.98 Å². The van der Waals surface area contributed by atoms with Crippen LogP contribution in [0, 0.1) is 24.8 Å².